The fourth-order valence-corrected chi connectivity index (χ4v) is 9.20. The summed E-state index contributed by atoms with van der Waals surface area (Å²) in [5, 5.41) is 0. The quantitative estimate of drug-likeness (QED) is 0.147. The predicted molar refractivity (Wildman–Crippen MR) is 217 cm³/mol. The summed E-state index contributed by atoms with van der Waals surface area (Å²) in [6.45, 7) is 2.12. The van der Waals surface area contributed by atoms with Gasteiger partial charge in [-0.05, 0) is 96.1 Å². The van der Waals surface area contributed by atoms with Crippen LogP contribution in [-0.2, 0) is 0 Å². The Balaban J connectivity index is 1.13. The average molecular weight is 691 g/mol. The SMILES string of the molecule is Cc1c2c(cc3c1Oc1cccc4c1B3Sc1ccccc1N4c1ccccc1)[B]c1c(cccc1N(c1ccccc1)c1ccccc1S)O2. The molecule has 3 heterocycles. The maximum Gasteiger partial charge on any atom is 0.291 e. The van der Waals surface area contributed by atoms with Crippen LogP contribution < -0.4 is 41.1 Å². The molecule has 0 saturated heterocycles. The monoisotopic (exact) mass is 691 g/mol. The second-order valence-corrected chi connectivity index (χ2v) is 14.5. The molecule has 0 N–H and O–H groups in total. The highest BCUT2D eigenvalue weighted by molar-refractivity contribution is 8.28. The zero-order valence-electron chi connectivity index (χ0n) is 27.7. The van der Waals surface area contributed by atoms with Crippen LogP contribution in [0, 0.1) is 6.92 Å². The topological polar surface area (TPSA) is 24.9 Å². The number of fused-ring (bicyclic) bond motifs is 5. The maximum atomic E-state index is 6.89. The number of nitrogens with zero attached hydrogens (tertiary/aromatic N) is 2. The van der Waals surface area contributed by atoms with Crippen molar-refractivity contribution >= 4 is 93.5 Å². The van der Waals surface area contributed by atoms with Crippen molar-refractivity contribution in [2.24, 2.45) is 0 Å². The molecule has 0 fully saturated rings. The van der Waals surface area contributed by atoms with Crippen molar-refractivity contribution in [1.82, 2.24) is 0 Å². The van der Waals surface area contributed by atoms with Crippen LogP contribution in [0.2, 0.25) is 0 Å². The van der Waals surface area contributed by atoms with Gasteiger partial charge in [-0.15, -0.1) is 12.6 Å². The van der Waals surface area contributed by atoms with Gasteiger partial charge < -0.3 is 19.3 Å². The molecule has 0 aliphatic carbocycles. The fraction of sp³-hybridized carbons (Fsp3) is 0.0233. The Hall–Kier alpha value is -5.43. The lowest BCUT2D eigenvalue weighted by Gasteiger charge is -2.34. The number of ether oxygens (including phenoxy) is 2. The van der Waals surface area contributed by atoms with Gasteiger partial charge in [0.25, 0.3) is 5.99 Å². The summed E-state index contributed by atoms with van der Waals surface area (Å²) in [6, 6.07) is 52.9. The number of hydrogen-bond acceptors (Lipinski definition) is 6. The van der Waals surface area contributed by atoms with E-state index in [0.717, 1.165) is 84.0 Å². The van der Waals surface area contributed by atoms with Gasteiger partial charge in [0.15, 0.2) is 0 Å². The van der Waals surface area contributed by atoms with Crippen LogP contribution in [0.1, 0.15) is 5.56 Å². The Morgan fingerprint density at radius 1 is 0.667 bits per heavy atom. The van der Waals surface area contributed by atoms with Crippen molar-refractivity contribution in [2.45, 2.75) is 16.7 Å². The molecule has 0 spiro atoms. The van der Waals surface area contributed by atoms with Crippen molar-refractivity contribution in [3.63, 3.8) is 0 Å². The van der Waals surface area contributed by atoms with E-state index in [0.29, 0.717) is 0 Å². The molecule has 0 aromatic heterocycles. The maximum absolute atomic E-state index is 6.89. The third kappa shape index (κ3) is 4.89. The van der Waals surface area contributed by atoms with Gasteiger partial charge >= 0.3 is 0 Å². The second-order valence-electron chi connectivity index (χ2n) is 12.9. The number of anilines is 6. The van der Waals surface area contributed by atoms with Gasteiger partial charge in [-0.2, -0.15) is 11.6 Å². The smallest absolute Gasteiger partial charge is 0.291 e. The molecule has 1 radical (unpaired) electrons. The van der Waals surface area contributed by atoms with E-state index in [-0.39, 0.29) is 5.99 Å². The summed E-state index contributed by atoms with van der Waals surface area (Å²) in [5.74, 6) is 3.37. The number of para-hydroxylation sites is 4. The molecule has 241 valence electrons. The van der Waals surface area contributed by atoms with Crippen LogP contribution in [0.25, 0.3) is 0 Å². The first-order valence-electron chi connectivity index (χ1n) is 17.0. The van der Waals surface area contributed by atoms with E-state index in [2.05, 4.69) is 151 Å². The van der Waals surface area contributed by atoms with Crippen LogP contribution in [0.4, 0.5) is 34.1 Å². The minimum absolute atomic E-state index is 0.000675. The summed E-state index contributed by atoms with van der Waals surface area (Å²) >= 11 is 6.77. The van der Waals surface area contributed by atoms with Crippen molar-refractivity contribution in [3.8, 4) is 23.0 Å². The lowest BCUT2D eigenvalue weighted by atomic mass is 9.54. The van der Waals surface area contributed by atoms with E-state index >= 15 is 0 Å². The van der Waals surface area contributed by atoms with Crippen molar-refractivity contribution in [1.29, 1.82) is 0 Å². The fourth-order valence-electron chi connectivity index (χ4n) is 7.59. The minimum atomic E-state index is 0.000675. The van der Waals surface area contributed by atoms with Gasteiger partial charge in [0, 0.05) is 43.6 Å². The summed E-state index contributed by atoms with van der Waals surface area (Å²) in [7, 11) is 2.28. The lowest BCUT2D eigenvalue weighted by molar-refractivity contribution is 0.459. The first-order chi connectivity index (χ1) is 25.1. The third-order valence-electron chi connectivity index (χ3n) is 9.86. The van der Waals surface area contributed by atoms with E-state index in [9.17, 15) is 0 Å². The zero-order valence-corrected chi connectivity index (χ0v) is 29.4. The standard InChI is InChI=1S/C43H29B2N2O2S2/c1-27-42-30(44-40-34(20-12-22-36(40)48-42)46(28-14-4-2-5-15-28)32-18-8-10-24-38(32)50)26-31-43(27)49-37-23-13-21-35-41(37)45(31)51-39-25-11-9-19-33(39)47(35)29-16-6-3-7-17-29/h2-26,50H,1H3. The third-order valence-corrected chi connectivity index (χ3v) is 11.6. The summed E-state index contributed by atoms with van der Waals surface area (Å²) in [5.41, 5.74) is 11.8. The Morgan fingerprint density at radius 2 is 1.33 bits per heavy atom. The second kappa shape index (κ2) is 12.1. The predicted octanol–water partition coefficient (Wildman–Crippen LogP) is 9.30. The van der Waals surface area contributed by atoms with Crippen LogP contribution in [-0.4, -0.2) is 13.3 Å². The van der Waals surface area contributed by atoms with Gasteiger partial charge in [0.05, 0.1) is 11.4 Å². The molecule has 3 aliphatic rings. The van der Waals surface area contributed by atoms with Crippen molar-refractivity contribution < 1.29 is 9.47 Å². The van der Waals surface area contributed by atoms with Gasteiger partial charge in [-0.1, -0.05) is 78.9 Å². The minimum Gasteiger partial charge on any atom is -0.458 e. The van der Waals surface area contributed by atoms with Gasteiger partial charge in [-0.3, -0.25) is 0 Å². The van der Waals surface area contributed by atoms with E-state index in [1.807, 2.05) is 35.9 Å². The highest BCUT2D eigenvalue weighted by atomic mass is 32.2. The average Bonchev–Trinajstić information content (AvgIpc) is 3.32. The molecule has 7 aromatic rings. The van der Waals surface area contributed by atoms with Crippen LogP contribution in [0.15, 0.2) is 161 Å². The Morgan fingerprint density at radius 3 is 2.18 bits per heavy atom. The van der Waals surface area contributed by atoms with Crippen LogP contribution in [0.3, 0.4) is 0 Å². The van der Waals surface area contributed by atoms with E-state index < -0.39 is 0 Å². The van der Waals surface area contributed by atoms with Gasteiger partial charge in [0.1, 0.15) is 23.0 Å². The molecule has 51 heavy (non-hydrogen) atoms. The molecular weight excluding hydrogens is 662 g/mol. The van der Waals surface area contributed by atoms with Crippen LogP contribution in [0.5, 0.6) is 23.0 Å². The van der Waals surface area contributed by atoms with E-state index in [1.165, 1.54) is 10.4 Å². The van der Waals surface area contributed by atoms with E-state index in [4.69, 9.17) is 22.1 Å². The molecule has 3 aliphatic heterocycles. The first-order valence-corrected chi connectivity index (χ1v) is 18.3. The molecule has 0 unspecified atom stereocenters. The number of thiol groups is 1. The van der Waals surface area contributed by atoms with Crippen molar-refractivity contribution in [2.75, 3.05) is 9.80 Å². The Bertz CT molecular complexity index is 2500. The van der Waals surface area contributed by atoms with Gasteiger partial charge in [-0.25, -0.2) is 0 Å². The molecule has 0 saturated carbocycles. The Kier molecular flexibility index (Phi) is 7.22. The summed E-state index contributed by atoms with van der Waals surface area (Å²) in [6.07, 6.45) is 0. The molecular formula is C43H29B2N2O2S2. The number of hydrogen-bond donors (Lipinski definition) is 1. The molecule has 0 bridgehead atoms. The summed E-state index contributed by atoms with van der Waals surface area (Å²) in [4.78, 5) is 6.74. The molecule has 0 amide bonds. The molecule has 4 nitrogen and oxygen atoms in total. The van der Waals surface area contributed by atoms with E-state index in [1.54, 1.807) is 0 Å². The highest BCUT2D eigenvalue weighted by Gasteiger charge is 2.41. The molecule has 7 aromatic carbocycles. The Labute approximate surface area is 308 Å². The zero-order chi connectivity index (χ0) is 34.1. The summed E-state index contributed by atoms with van der Waals surface area (Å²) < 4.78 is 13.7. The molecule has 0 atom stereocenters. The normalized spacial score (nSPS) is 13.2. The van der Waals surface area contributed by atoms with Crippen LogP contribution >= 0.6 is 24.2 Å². The van der Waals surface area contributed by atoms with Gasteiger partial charge in [0.2, 0.25) is 7.28 Å². The lowest BCUT2D eigenvalue weighted by Crippen LogP contribution is -2.48. The molecule has 10 rings (SSSR count). The number of benzene rings is 7. The highest BCUT2D eigenvalue weighted by Crippen LogP contribution is 2.48. The number of rotatable bonds is 4. The van der Waals surface area contributed by atoms with Crippen molar-refractivity contribution in [3.05, 3.63) is 157 Å². The first kappa shape index (κ1) is 30.4. The largest absolute Gasteiger partial charge is 0.458 e. The molecule has 8 heteroatoms.